The van der Waals surface area contributed by atoms with Gasteiger partial charge in [0.15, 0.2) is 5.41 Å². The molecule has 5 heteroatoms. The van der Waals surface area contributed by atoms with Crippen LogP contribution in [0.2, 0.25) is 0 Å². The lowest BCUT2D eigenvalue weighted by atomic mass is 9.84. The van der Waals surface area contributed by atoms with Crippen LogP contribution in [0.3, 0.4) is 0 Å². The number of carbonyl (C=O) groups excluding carboxylic acids is 1. The molecule has 2 N–H and O–H groups in total. The van der Waals surface area contributed by atoms with Crippen molar-refractivity contribution in [2.45, 2.75) is 12.3 Å². The number of fused-ring (bicyclic) bond motifs is 1. The number of benzene rings is 1. The average Bonchev–Trinajstić information content (AvgIpc) is 2.39. The first kappa shape index (κ1) is 10.2. The SMILES string of the molecule is C[C@]1(C(=O)O)C(=O)Nc2cc(Br)ccc21. The van der Waals surface area contributed by atoms with Gasteiger partial charge in [-0.3, -0.25) is 9.59 Å². The third-order valence-electron chi connectivity index (χ3n) is 2.65. The Hall–Kier alpha value is -1.36. The summed E-state index contributed by atoms with van der Waals surface area (Å²) in [5.41, 5.74) is -0.418. The maximum Gasteiger partial charge on any atom is 0.323 e. The molecule has 0 spiro atoms. The number of halogens is 1. The predicted molar refractivity (Wildman–Crippen MR) is 57.8 cm³/mol. The second-order valence-electron chi connectivity index (χ2n) is 3.57. The monoisotopic (exact) mass is 269 g/mol. The molecule has 1 aliphatic heterocycles. The maximum absolute atomic E-state index is 11.6. The molecule has 78 valence electrons. The molecule has 0 radical (unpaired) electrons. The minimum atomic E-state index is -1.48. The van der Waals surface area contributed by atoms with Crippen LogP contribution in [-0.4, -0.2) is 17.0 Å². The summed E-state index contributed by atoms with van der Waals surface area (Å²) in [6.45, 7) is 1.41. The van der Waals surface area contributed by atoms with Crippen molar-refractivity contribution < 1.29 is 14.7 Å². The summed E-state index contributed by atoms with van der Waals surface area (Å²) in [5, 5.41) is 11.6. The lowest BCUT2D eigenvalue weighted by Crippen LogP contribution is -2.39. The fourth-order valence-corrected chi connectivity index (χ4v) is 2.00. The molecule has 0 saturated carbocycles. The van der Waals surface area contributed by atoms with E-state index in [1.165, 1.54) is 6.92 Å². The number of anilines is 1. The van der Waals surface area contributed by atoms with Gasteiger partial charge in [0, 0.05) is 15.7 Å². The zero-order chi connectivity index (χ0) is 11.2. The van der Waals surface area contributed by atoms with E-state index in [9.17, 15) is 9.59 Å². The molecule has 4 nitrogen and oxygen atoms in total. The summed E-state index contributed by atoms with van der Waals surface area (Å²) in [5.74, 6) is -1.64. The first-order chi connectivity index (χ1) is 6.96. The second-order valence-corrected chi connectivity index (χ2v) is 4.49. The molecule has 1 heterocycles. The number of rotatable bonds is 1. The number of carboxylic acid groups (broad SMARTS) is 1. The van der Waals surface area contributed by atoms with E-state index >= 15 is 0 Å². The van der Waals surface area contributed by atoms with Crippen molar-refractivity contribution in [3.05, 3.63) is 28.2 Å². The van der Waals surface area contributed by atoms with Crippen LogP contribution in [0.15, 0.2) is 22.7 Å². The highest BCUT2D eigenvalue weighted by molar-refractivity contribution is 9.10. The molecule has 1 atom stereocenters. The zero-order valence-corrected chi connectivity index (χ0v) is 9.46. The molecular weight excluding hydrogens is 262 g/mol. The van der Waals surface area contributed by atoms with Crippen LogP contribution < -0.4 is 5.32 Å². The number of amides is 1. The quantitative estimate of drug-likeness (QED) is 0.764. The van der Waals surface area contributed by atoms with Crippen LogP contribution in [0.4, 0.5) is 5.69 Å². The van der Waals surface area contributed by atoms with Gasteiger partial charge in [-0.15, -0.1) is 0 Å². The van der Waals surface area contributed by atoms with Gasteiger partial charge in [0.25, 0.3) is 0 Å². The van der Waals surface area contributed by atoms with Crippen LogP contribution in [0.5, 0.6) is 0 Å². The van der Waals surface area contributed by atoms with E-state index in [1.54, 1.807) is 18.2 Å². The molecule has 2 rings (SSSR count). The van der Waals surface area contributed by atoms with Gasteiger partial charge in [-0.25, -0.2) is 0 Å². The highest BCUT2D eigenvalue weighted by atomic mass is 79.9. The van der Waals surface area contributed by atoms with Crippen molar-refractivity contribution in [3.8, 4) is 0 Å². The van der Waals surface area contributed by atoms with Crippen LogP contribution in [0.25, 0.3) is 0 Å². The van der Waals surface area contributed by atoms with Crippen molar-refractivity contribution in [3.63, 3.8) is 0 Å². The standard InChI is InChI=1S/C10H8BrNO3/c1-10(9(14)15)6-3-2-5(11)4-7(6)12-8(10)13/h2-4H,1H3,(H,12,13)(H,14,15)/t10-/m1/s1. The van der Waals surface area contributed by atoms with E-state index in [4.69, 9.17) is 5.11 Å². The third-order valence-corrected chi connectivity index (χ3v) is 3.14. The van der Waals surface area contributed by atoms with Gasteiger partial charge in [-0.05, 0) is 19.1 Å². The fraction of sp³-hybridized carbons (Fsp3) is 0.200. The summed E-state index contributed by atoms with van der Waals surface area (Å²) < 4.78 is 0.802. The Morgan fingerprint density at radius 2 is 2.20 bits per heavy atom. The number of carbonyl (C=O) groups is 2. The van der Waals surface area contributed by atoms with Gasteiger partial charge in [0.2, 0.25) is 5.91 Å². The van der Waals surface area contributed by atoms with Gasteiger partial charge < -0.3 is 10.4 Å². The van der Waals surface area contributed by atoms with Gasteiger partial charge in [0.05, 0.1) is 0 Å². The summed E-state index contributed by atoms with van der Waals surface area (Å²) in [6, 6.07) is 5.06. The van der Waals surface area contributed by atoms with Crippen LogP contribution in [0, 0.1) is 0 Å². The Morgan fingerprint density at radius 3 is 2.80 bits per heavy atom. The first-order valence-corrected chi connectivity index (χ1v) is 5.10. The van der Waals surface area contributed by atoms with Crippen molar-refractivity contribution in [1.29, 1.82) is 0 Å². The topological polar surface area (TPSA) is 66.4 Å². The first-order valence-electron chi connectivity index (χ1n) is 4.31. The molecule has 0 bridgehead atoms. The van der Waals surface area contributed by atoms with Crippen LogP contribution in [-0.2, 0) is 15.0 Å². The lowest BCUT2D eigenvalue weighted by Gasteiger charge is -2.15. The Balaban J connectivity index is 2.65. The second kappa shape index (κ2) is 3.06. The molecule has 1 aromatic rings. The van der Waals surface area contributed by atoms with Crippen LogP contribution >= 0.6 is 15.9 Å². The molecule has 15 heavy (non-hydrogen) atoms. The normalized spacial score (nSPS) is 23.5. The highest BCUT2D eigenvalue weighted by Crippen LogP contribution is 2.39. The number of hydrogen-bond donors (Lipinski definition) is 2. The molecule has 0 unspecified atom stereocenters. The fourth-order valence-electron chi connectivity index (χ4n) is 1.64. The Labute approximate surface area is 94.4 Å². The highest BCUT2D eigenvalue weighted by Gasteiger charge is 2.49. The maximum atomic E-state index is 11.6. The number of hydrogen-bond acceptors (Lipinski definition) is 2. The minimum absolute atomic E-state index is 0.497. The Bertz CT molecular complexity index is 472. The number of nitrogens with one attached hydrogen (secondary N) is 1. The smallest absolute Gasteiger partial charge is 0.323 e. The largest absolute Gasteiger partial charge is 0.480 e. The molecule has 1 amide bonds. The van der Waals surface area contributed by atoms with E-state index in [1.807, 2.05) is 0 Å². The molecule has 0 fully saturated rings. The molecule has 1 aliphatic rings. The van der Waals surface area contributed by atoms with Crippen LogP contribution in [0.1, 0.15) is 12.5 Å². The molecule has 0 aromatic heterocycles. The Kier molecular flexibility index (Phi) is 2.08. The predicted octanol–water partition coefficient (Wildman–Crippen LogP) is 1.74. The number of aliphatic carboxylic acids is 1. The summed E-state index contributed by atoms with van der Waals surface area (Å²) in [6.07, 6.45) is 0. The van der Waals surface area contributed by atoms with Gasteiger partial charge in [-0.2, -0.15) is 0 Å². The number of carboxylic acids is 1. The Morgan fingerprint density at radius 1 is 1.53 bits per heavy atom. The van der Waals surface area contributed by atoms with Crippen molar-refractivity contribution in [2.24, 2.45) is 0 Å². The third kappa shape index (κ3) is 1.26. The van der Waals surface area contributed by atoms with E-state index in [0.29, 0.717) is 11.3 Å². The zero-order valence-electron chi connectivity index (χ0n) is 7.87. The summed E-state index contributed by atoms with van der Waals surface area (Å²) in [7, 11) is 0. The van der Waals surface area contributed by atoms with E-state index in [0.717, 1.165) is 4.47 Å². The van der Waals surface area contributed by atoms with E-state index < -0.39 is 17.3 Å². The minimum Gasteiger partial charge on any atom is -0.480 e. The summed E-state index contributed by atoms with van der Waals surface area (Å²) in [4.78, 5) is 22.7. The molecular formula is C10H8BrNO3. The lowest BCUT2D eigenvalue weighted by molar-refractivity contribution is -0.146. The molecule has 0 saturated heterocycles. The molecule has 0 aliphatic carbocycles. The van der Waals surface area contributed by atoms with Gasteiger partial charge in [0.1, 0.15) is 0 Å². The summed E-state index contributed by atoms with van der Waals surface area (Å²) >= 11 is 3.26. The van der Waals surface area contributed by atoms with Gasteiger partial charge in [-0.1, -0.05) is 22.0 Å². The molecule has 1 aromatic carbocycles. The van der Waals surface area contributed by atoms with Crippen molar-refractivity contribution in [1.82, 2.24) is 0 Å². The van der Waals surface area contributed by atoms with E-state index in [-0.39, 0.29) is 0 Å². The van der Waals surface area contributed by atoms with Crippen molar-refractivity contribution in [2.75, 3.05) is 5.32 Å². The van der Waals surface area contributed by atoms with E-state index in [2.05, 4.69) is 21.2 Å². The van der Waals surface area contributed by atoms with Gasteiger partial charge >= 0.3 is 5.97 Å². The van der Waals surface area contributed by atoms with Crippen molar-refractivity contribution >= 4 is 33.5 Å². The average molecular weight is 270 g/mol.